The lowest BCUT2D eigenvalue weighted by Crippen LogP contribution is -2.15. The molecule has 4 heteroatoms. The fourth-order valence-corrected chi connectivity index (χ4v) is 2.13. The van der Waals surface area contributed by atoms with Gasteiger partial charge in [-0.05, 0) is 42.3 Å². The van der Waals surface area contributed by atoms with E-state index in [4.69, 9.17) is 9.15 Å². The standard InChI is InChI=1S/C15H16O4/c1-10-8-11(18-2)5-6-13(10)14(15(16)17)9-12-4-3-7-19-12/h3-8,14H,9H2,1-2H3,(H,16,17). The molecule has 19 heavy (non-hydrogen) atoms. The zero-order valence-electron chi connectivity index (χ0n) is 10.9. The van der Waals surface area contributed by atoms with Crippen molar-refractivity contribution >= 4 is 5.97 Å². The Labute approximate surface area is 111 Å². The van der Waals surface area contributed by atoms with Crippen molar-refractivity contribution in [2.75, 3.05) is 7.11 Å². The third-order valence-corrected chi connectivity index (χ3v) is 3.14. The number of carboxylic acids is 1. The summed E-state index contributed by atoms with van der Waals surface area (Å²) < 4.78 is 10.4. The number of furan rings is 1. The van der Waals surface area contributed by atoms with E-state index in [1.807, 2.05) is 13.0 Å². The highest BCUT2D eigenvalue weighted by Crippen LogP contribution is 2.27. The number of carboxylic acid groups (broad SMARTS) is 1. The van der Waals surface area contributed by atoms with E-state index in [9.17, 15) is 9.90 Å². The van der Waals surface area contributed by atoms with Crippen LogP contribution in [0.5, 0.6) is 5.75 Å². The summed E-state index contributed by atoms with van der Waals surface area (Å²) in [4.78, 5) is 11.5. The number of carbonyl (C=O) groups is 1. The van der Waals surface area contributed by atoms with Crippen molar-refractivity contribution in [2.24, 2.45) is 0 Å². The Morgan fingerprint density at radius 2 is 2.21 bits per heavy atom. The van der Waals surface area contributed by atoms with E-state index < -0.39 is 11.9 Å². The van der Waals surface area contributed by atoms with Gasteiger partial charge in [0.2, 0.25) is 0 Å². The van der Waals surface area contributed by atoms with Crippen LogP contribution in [0.3, 0.4) is 0 Å². The van der Waals surface area contributed by atoms with Crippen LogP contribution in [0.15, 0.2) is 41.0 Å². The minimum absolute atomic E-state index is 0.343. The molecule has 0 spiro atoms. The minimum Gasteiger partial charge on any atom is -0.497 e. The second kappa shape index (κ2) is 5.61. The molecule has 0 radical (unpaired) electrons. The first-order chi connectivity index (χ1) is 9.11. The van der Waals surface area contributed by atoms with E-state index in [-0.39, 0.29) is 0 Å². The van der Waals surface area contributed by atoms with Gasteiger partial charge < -0.3 is 14.3 Å². The van der Waals surface area contributed by atoms with Gasteiger partial charge in [0.15, 0.2) is 0 Å². The van der Waals surface area contributed by atoms with Gasteiger partial charge in [-0.3, -0.25) is 4.79 Å². The Kier molecular flexibility index (Phi) is 3.90. The lowest BCUT2D eigenvalue weighted by atomic mass is 9.91. The Morgan fingerprint density at radius 1 is 1.42 bits per heavy atom. The minimum atomic E-state index is -0.857. The molecule has 0 aliphatic carbocycles. The lowest BCUT2D eigenvalue weighted by molar-refractivity contribution is -0.138. The molecular weight excluding hydrogens is 244 g/mol. The van der Waals surface area contributed by atoms with Gasteiger partial charge in [-0.15, -0.1) is 0 Å². The van der Waals surface area contributed by atoms with Crippen LogP contribution < -0.4 is 4.74 Å². The molecule has 100 valence electrons. The van der Waals surface area contributed by atoms with Gasteiger partial charge in [0.25, 0.3) is 0 Å². The Balaban J connectivity index is 2.31. The fraction of sp³-hybridized carbons (Fsp3) is 0.267. The predicted molar refractivity (Wildman–Crippen MR) is 70.5 cm³/mol. The molecule has 2 aromatic rings. The van der Waals surface area contributed by atoms with E-state index in [1.54, 1.807) is 37.6 Å². The average molecular weight is 260 g/mol. The predicted octanol–water partition coefficient (Wildman–Crippen LogP) is 3.01. The molecule has 4 nitrogen and oxygen atoms in total. The third-order valence-electron chi connectivity index (χ3n) is 3.14. The fourth-order valence-electron chi connectivity index (χ4n) is 2.13. The smallest absolute Gasteiger partial charge is 0.311 e. The third kappa shape index (κ3) is 2.96. The molecule has 2 rings (SSSR count). The van der Waals surface area contributed by atoms with Crippen LogP contribution in [-0.4, -0.2) is 18.2 Å². The topological polar surface area (TPSA) is 59.7 Å². The molecular formula is C15H16O4. The van der Waals surface area contributed by atoms with Crippen molar-refractivity contribution in [2.45, 2.75) is 19.3 Å². The van der Waals surface area contributed by atoms with Gasteiger partial charge in [0.05, 0.1) is 19.3 Å². The number of aryl methyl sites for hydroxylation is 1. The van der Waals surface area contributed by atoms with Crippen molar-refractivity contribution in [1.82, 2.24) is 0 Å². The van der Waals surface area contributed by atoms with Crippen LogP contribution in [0.1, 0.15) is 22.8 Å². The van der Waals surface area contributed by atoms with E-state index in [0.717, 1.165) is 16.9 Å². The number of hydrogen-bond acceptors (Lipinski definition) is 3. The maximum atomic E-state index is 11.5. The van der Waals surface area contributed by atoms with Crippen molar-refractivity contribution in [1.29, 1.82) is 0 Å². The molecule has 0 saturated heterocycles. The van der Waals surface area contributed by atoms with E-state index in [2.05, 4.69) is 0 Å². The number of benzene rings is 1. The van der Waals surface area contributed by atoms with Crippen LogP contribution >= 0.6 is 0 Å². The van der Waals surface area contributed by atoms with Gasteiger partial charge in [-0.1, -0.05) is 6.07 Å². The first-order valence-corrected chi connectivity index (χ1v) is 6.01. The quantitative estimate of drug-likeness (QED) is 0.897. The van der Waals surface area contributed by atoms with Crippen molar-refractivity contribution in [3.63, 3.8) is 0 Å². The molecule has 0 bridgehead atoms. The van der Waals surface area contributed by atoms with Gasteiger partial charge >= 0.3 is 5.97 Å². The number of ether oxygens (including phenoxy) is 1. The normalized spacial score (nSPS) is 12.1. The number of rotatable bonds is 5. The molecule has 0 saturated carbocycles. The van der Waals surface area contributed by atoms with E-state index in [0.29, 0.717) is 12.2 Å². The summed E-state index contributed by atoms with van der Waals surface area (Å²) >= 11 is 0. The second-order valence-corrected chi connectivity index (χ2v) is 4.40. The SMILES string of the molecule is COc1ccc(C(Cc2ccco2)C(=O)O)c(C)c1. The summed E-state index contributed by atoms with van der Waals surface area (Å²) in [6.45, 7) is 1.88. The summed E-state index contributed by atoms with van der Waals surface area (Å²) in [5.41, 5.74) is 1.68. The van der Waals surface area contributed by atoms with E-state index >= 15 is 0 Å². The number of methoxy groups -OCH3 is 1. The summed E-state index contributed by atoms with van der Waals surface area (Å²) in [6.07, 6.45) is 1.89. The first kappa shape index (κ1) is 13.2. The zero-order chi connectivity index (χ0) is 13.8. The molecule has 0 aliphatic heterocycles. The average Bonchev–Trinajstić information content (AvgIpc) is 2.89. The lowest BCUT2D eigenvalue weighted by Gasteiger charge is -2.15. The maximum absolute atomic E-state index is 11.5. The molecule has 1 aromatic heterocycles. The maximum Gasteiger partial charge on any atom is 0.311 e. The van der Waals surface area contributed by atoms with Gasteiger partial charge in [-0.25, -0.2) is 0 Å². The number of hydrogen-bond donors (Lipinski definition) is 1. The molecule has 0 amide bonds. The van der Waals surface area contributed by atoms with Crippen LogP contribution in [0.25, 0.3) is 0 Å². The van der Waals surface area contributed by atoms with Crippen molar-refractivity contribution in [3.8, 4) is 5.75 Å². The molecule has 1 N–H and O–H groups in total. The zero-order valence-corrected chi connectivity index (χ0v) is 10.9. The van der Waals surface area contributed by atoms with Gasteiger partial charge in [0, 0.05) is 6.42 Å². The molecule has 1 unspecified atom stereocenters. The van der Waals surface area contributed by atoms with Crippen LogP contribution in [-0.2, 0) is 11.2 Å². The highest BCUT2D eigenvalue weighted by molar-refractivity contribution is 5.77. The summed E-state index contributed by atoms with van der Waals surface area (Å²) in [5.74, 6) is -0.0762. The Hall–Kier alpha value is -2.23. The monoisotopic (exact) mass is 260 g/mol. The van der Waals surface area contributed by atoms with Crippen LogP contribution in [0.4, 0.5) is 0 Å². The summed E-state index contributed by atoms with van der Waals surface area (Å²) in [5, 5.41) is 9.40. The Morgan fingerprint density at radius 3 is 2.74 bits per heavy atom. The molecule has 1 atom stereocenters. The van der Waals surface area contributed by atoms with Gasteiger partial charge in [0.1, 0.15) is 11.5 Å². The Bertz CT molecular complexity index is 558. The van der Waals surface area contributed by atoms with Crippen LogP contribution in [0.2, 0.25) is 0 Å². The van der Waals surface area contributed by atoms with Gasteiger partial charge in [-0.2, -0.15) is 0 Å². The van der Waals surface area contributed by atoms with Crippen molar-refractivity contribution in [3.05, 3.63) is 53.5 Å². The first-order valence-electron chi connectivity index (χ1n) is 6.01. The molecule has 1 aromatic carbocycles. The summed E-state index contributed by atoms with van der Waals surface area (Å²) in [7, 11) is 1.59. The molecule has 0 aliphatic rings. The highest BCUT2D eigenvalue weighted by atomic mass is 16.5. The van der Waals surface area contributed by atoms with Crippen molar-refractivity contribution < 1.29 is 19.1 Å². The largest absolute Gasteiger partial charge is 0.497 e. The number of aliphatic carboxylic acids is 1. The molecule has 1 heterocycles. The summed E-state index contributed by atoms with van der Waals surface area (Å²) in [6, 6.07) is 8.97. The van der Waals surface area contributed by atoms with E-state index in [1.165, 1.54) is 0 Å². The van der Waals surface area contributed by atoms with Crippen LogP contribution in [0, 0.1) is 6.92 Å². The molecule has 0 fully saturated rings. The highest BCUT2D eigenvalue weighted by Gasteiger charge is 2.23. The second-order valence-electron chi connectivity index (χ2n) is 4.40.